The fourth-order valence-electron chi connectivity index (χ4n) is 4.57. The zero-order valence-corrected chi connectivity index (χ0v) is 18.0. The van der Waals surface area contributed by atoms with Crippen LogP contribution in [0.5, 0.6) is 0 Å². The van der Waals surface area contributed by atoms with Crippen LogP contribution in [0.4, 0.5) is 10.6 Å². The Morgan fingerprint density at radius 2 is 1.73 bits per heavy atom. The van der Waals surface area contributed by atoms with Crippen LogP contribution in [0.2, 0.25) is 0 Å². The molecule has 0 saturated carbocycles. The number of rotatable bonds is 5. The third-order valence-electron chi connectivity index (χ3n) is 6.24. The standard InChI is InChI=1S/C23H29N5O2/c1-4-19-24-17(3)15-20(25-19)26-13-11-23(12-14-26)21(29)27(5-2)22(30)28(23)16-18-9-7-6-8-10-18/h6-10,15H,4-5,11-14,16H2,1-3H3. The number of nitrogens with zero attached hydrogens (tertiary/aromatic N) is 5. The molecular weight excluding hydrogens is 378 g/mol. The normalized spacial score (nSPS) is 18.6. The van der Waals surface area contributed by atoms with Crippen molar-refractivity contribution in [2.75, 3.05) is 24.5 Å². The SMILES string of the molecule is CCc1nc(C)cc(N2CCC3(CC2)C(=O)N(CC)C(=O)N3Cc2ccccc2)n1. The largest absolute Gasteiger partial charge is 0.356 e. The molecule has 3 amide bonds. The maximum atomic E-state index is 13.3. The Kier molecular flexibility index (Phi) is 5.45. The number of piperidine rings is 1. The molecule has 30 heavy (non-hydrogen) atoms. The molecule has 2 saturated heterocycles. The van der Waals surface area contributed by atoms with E-state index in [1.807, 2.05) is 57.2 Å². The van der Waals surface area contributed by atoms with Gasteiger partial charge in [0.1, 0.15) is 17.2 Å². The van der Waals surface area contributed by atoms with Crippen LogP contribution in [0.1, 0.15) is 43.8 Å². The van der Waals surface area contributed by atoms with E-state index in [4.69, 9.17) is 0 Å². The van der Waals surface area contributed by atoms with Gasteiger partial charge in [0.25, 0.3) is 5.91 Å². The zero-order valence-electron chi connectivity index (χ0n) is 18.0. The summed E-state index contributed by atoms with van der Waals surface area (Å²) in [4.78, 5) is 41.0. The third-order valence-corrected chi connectivity index (χ3v) is 6.24. The molecule has 0 N–H and O–H groups in total. The quantitative estimate of drug-likeness (QED) is 0.712. The van der Waals surface area contributed by atoms with Crippen molar-refractivity contribution < 1.29 is 9.59 Å². The van der Waals surface area contributed by atoms with E-state index in [0.29, 0.717) is 39.0 Å². The van der Waals surface area contributed by atoms with Crippen molar-refractivity contribution >= 4 is 17.8 Å². The Bertz CT molecular complexity index is 938. The lowest BCUT2D eigenvalue weighted by Gasteiger charge is -2.42. The van der Waals surface area contributed by atoms with E-state index < -0.39 is 5.54 Å². The molecule has 7 heteroatoms. The van der Waals surface area contributed by atoms with E-state index in [0.717, 1.165) is 29.3 Å². The molecule has 1 aromatic heterocycles. The van der Waals surface area contributed by atoms with Gasteiger partial charge >= 0.3 is 6.03 Å². The lowest BCUT2D eigenvalue weighted by molar-refractivity contribution is -0.134. The molecule has 1 spiro atoms. The summed E-state index contributed by atoms with van der Waals surface area (Å²) >= 11 is 0. The maximum Gasteiger partial charge on any atom is 0.327 e. The smallest absolute Gasteiger partial charge is 0.327 e. The minimum absolute atomic E-state index is 0.0568. The van der Waals surface area contributed by atoms with Crippen molar-refractivity contribution in [1.29, 1.82) is 0 Å². The van der Waals surface area contributed by atoms with Gasteiger partial charge in [-0.05, 0) is 32.3 Å². The summed E-state index contributed by atoms with van der Waals surface area (Å²) in [6.07, 6.45) is 1.99. The fraction of sp³-hybridized carbons (Fsp3) is 0.478. The van der Waals surface area contributed by atoms with Gasteiger partial charge in [-0.2, -0.15) is 0 Å². The number of hydrogen-bond acceptors (Lipinski definition) is 5. The molecule has 1 aromatic carbocycles. The molecule has 0 atom stereocenters. The number of likely N-dealkylation sites (N-methyl/N-ethyl adjacent to an activating group) is 1. The first-order chi connectivity index (χ1) is 14.5. The minimum Gasteiger partial charge on any atom is -0.356 e. The minimum atomic E-state index is -0.769. The molecule has 0 bridgehead atoms. The van der Waals surface area contributed by atoms with Gasteiger partial charge in [0.2, 0.25) is 0 Å². The van der Waals surface area contributed by atoms with Gasteiger partial charge in [0.05, 0.1) is 0 Å². The second kappa shape index (κ2) is 8.05. The van der Waals surface area contributed by atoms with Crippen LogP contribution in [0.3, 0.4) is 0 Å². The first kappa shape index (κ1) is 20.3. The Morgan fingerprint density at radius 3 is 2.37 bits per heavy atom. The molecule has 2 aromatic rings. The number of anilines is 1. The number of imide groups is 1. The van der Waals surface area contributed by atoms with Gasteiger partial charge < -0.3 is 9.80 Å². The highest BCUT2D eigenvalue weighted by atomic mass is 16.2. The van der Waals surface area contributed by atoms with Crippen molar-refractivity contribution in [2.24, 2.45) is 0 Å². The summed E-state index contributed by atoms with van der Waals surface area (Å²) in [5, 5.41) is 0. The molecule has 3 heterocycles. The van der Waals surface area contributed by atoms with Gasteiger partial charge in [-0.1, -0.05) is 37.3 Å². The van der Waals surface area contributed by atoms with Crippen molar-refractivity contribution in [3.05, 3.63) is 53.5 Å². The maximum absolute atomic E-state index is 13.3. The summed E-state index contributed by atoms with van der Waals surface area (Å²) in [6.45, 7) is 8.11. The zero-order chi connectivity index (χ0) is 21.3. The fourth-order valence-corrected chi connectivity index (χ4v) is 4.57. The average molecular weight is 408 g/mol. The van der Waals surface area contributed by atoms with Gasteiger partial charge in [-0.25, -0.2) is 14.8 Å². The van der Waals surface area contributed by atoms with E-state index in [9.17, 15) is 9.59 Å². The molecule has 2 fully saturated rings. The predicted molar refractivity (Wildman–Crippen MR) is 115 cm³/mol. The number of aryl methyl sites for hydroxylation is 2. The van der Waals surface area contributed by atoms with Crippen LogP contribution in [-0.2, 0) is 17.8 Å². The molecule has 158 valence electrons. The number of urea groups is 1. The second-order valence-electron chi connectivity index (χ2n) is 8.06. The molecular formula is C23H29N5O2. The first-order valence-electron chi connectivity index (χ1n) is 10.8. The molecule has 4 rings (SSSR count). The summed E-state index contributed by atoms with van der Waals surface area (Å²) in [5.41, 5.74) is 1.22. The highest BCUT2D eigenvalue weighted by molar-refractivity contribution is 6.07. The van der Waals surface area contributed by atoms with Crippen LogP contribution in [0.25, 0.3) is 0 Å². The van der Waals surface area contributed by atoms with Gasteiger partial charge in [-0.3, -0.25) is 9.69 Å². The molecule has 0 unspecified atom stereocenters. The van der Waals surface area contributed by atoms with Crippen LogP contribution in [-0.4, -0.2) is 56.9 Å². The van der Waals surface area contributed by atoms with Crippen molar-refractivity contribution in [2.45, 2.75) is 52.1 Å². The summed E-state index contributed by atoms with van der Waals surface area (Å²) < 4.78 is 0. The van der Waals surface area contributed by atoms with E-state index in [1.54, 1.807) is 4.90 Å². The first-order valence-corrected chi connectivity index (χ1v) is 10.8. The lowest BCUT2D eigenvalue weighted by Crippen LogP contribution is -2.56. The van der Waals surface area contributed by atoms with Crippen molar-refractivity contribution in [3.63, 3.8) is 0 Å². The summed E-state index contributed by atoms with van der Waals surface area (Å²) in [7, 11) is 0. The second-order valence-corrected chi connectivity index (χ2v) is 8.06. The molecule has 2 aliphatic rings. The van der Waals surface area contributed by atoms with E-state index in [2.05, 4.69) is 14.9 Å². The number of benzene rings is 1. The summed E-state index contributed by atoms with van der Waals surface area (Å²) in [6, 6.07) is 11.7. The number of carbonyl (C=O) groups is 2. The van der Waals surface area contributed by atoms with E-state index in [-0.39, 0.29) is 11.9 Å². The summed E-state index contributed by atoms with van der Waals surface area (Å²) in [5.74, 6) is 1.69. The van der Waals surface area contributed by atoms with Gasteiger partial charge in [0.15, 0.2) is 0 Å². The van der Waals surface area contributed by atoms with Crippen LogP contribution >= 0.6 is 0 Å². The Hall–Kier alpha value is -2.96. The topological polar surface area (TPSA) is 69.6 Å². The predicted octanol–water partition coefficient (Wildman–Crippen LogP) is 3.17. The number of amides is 3. The molecule has 2 aliphatic heterocycles. The van der Waals surface area contributed by atoms with Crippen LogP contribution in [0.15, 0.2) is 36.4 Å². The lowest BCUT2D eigenvalue weighted by atomic mass is 9.85. The highest BCUT2D eigenvalue weighted by Crippen LogP contribution is 2.39. The average Bonchev–Trinajstić information content (AvgIpc) is 2.95. The van der Waals surface area contributed by atoms with Crippen molar-refractivity contribution in [3.8, 4) is 0 Å². The Morgan fingerprint density at radius 1 is 1.03 bits per heavy atom. The monoisotopic (exact) mass is 407 g/mol. The van der Waals surface area contributed by atoms with Crippen molar-refractivity contribution in [1.82, 2.24) is 19.8 Å². The number of aromatic nitrogens is 2. The molecule has 7 nitrogen and oxygen atoms in total. The van der Waals surface area contributed by atoms with E-state index in [1.165, 1.54) is 4.90 Å². The molecule has 0 radical (unpaired) electrons. The Balaban J connectivity index is 1.59. The highest BCUT2D eigenvalue weighted by Gasteiger charge is 2.57. The molecule has 0 aliphatic carbocycles. The number of carbonyl (C=O) groups excluding carboxylic acids is 2. The van der Waals surface area contributed by atoms with Crippen LogP contribution < -0.4 is 4.90 Å². The number of hydrogen-bond donors (Lipinski definition) is 0. The van der Waals surface area contributed by atoms with Crippen LogP contribution in [0, 0.1) is 6.92 Å². The third kappa shape index (κ3) is 3.42. The van der Waals surface area contributed by atoms with Gasteiger partial charge in [0, 0.05) is 44.4 Å². The Labute approximate surface area is 177 Å². The van der Waals surface area contributed by atoms with Gasteiger partial charge in [-0.15, -0.1) is 0 Å². The van der Waals surface area contributed by atoms with E-state index >= 15 is 0 Å².